The molecule has 0 atom stereocenters. The van der Waals surface area contributed by atoms with Crippen LogP contribution in [-0.4, -0.2) is 5.16 Å². The zero-order chi connectivity index (χ0) is 8.10. The standard InChI is InChI=1S/C8H6ClNS/c9-5-7-1-3-8(4-2-7)10-6-11/h1-4H,5H2. The Balaban J connectivity index is 2.91. The van der Waals surface area contributed by atoms with Crippen LogP contribution in [0.3, 0.4) is 0 Å². The van der Waals surface area contributed by atoms with Crippen LogP contribution >= 0.6 is 23.8 Å². The molecule has 0 amide bonds. The Hall–Kier alpha value is -0.690. The lowest BCUT2D eigenvalue weighted by Crippen LogP contribution is -1.73. The molecule has 0 bridgehead atoms. The van der Waals surface area contributed by atoms with Gasteiger partial charge in [-0.3, -0.25) is 0 Å². The lowest BCUT2D eigenvalue weighted by molar-refractivity contribution is 1.39. The summed E-state index contributed by atoms with van der Waals surface area (Å²) in [6.45, 7) is 0. The summed E-state index contributed by atoms with van der Waals surface area (Å²) in [5.74, 6) is 0.529. The van der Waals surface area contributed by atoms with Crippen LogP contribution in [-0.2, 0) is 5.88 Å². The van der Waals surface area contributed by atoms with Crippen molar-refractivity contribution in [1.82, 2.24) is 0 Å². The number of aliphatic imine (C=N–C) groups is 1. The topological polar surface area (TPSA) is 12.4 Å². The third kappa shape index (κ3) is 2.43. The van der Waals surface area contributed by atoms with Gasteiger partial charge in [0.05, 0.1) is 10.8 Å². The summed E-state index contributed by atoms with van der Waals surface area (Å²) in [5.41, 5.74) is 1.89. The number of alkyl halides is 1. The molecule has 0 fully saturated rings. The number of rotatable bonds is 2. The van der Waals surface area contributed by atoms with E-state index < -0.39 is 0 Å². The van der Waals surface area contributed by atoms with Crippen LogP contribution in [0.4, 0.5) is 5.69 Å². The third-order valence-electron chi connectivity index (χ3n) is 1.27. The molecular weight excluding hydrogens is 178 g/mol. The van der Waals surface area contributed by atoms with E-state index in [4.69, 9.17) is 11.6 Å². The number of halogens is 1. The summed E-state index contributed by atoms with van der Waals surface area (Å²) in [6, 6.07) is 7.55. The highest BCUT2D eigenvalue weighted by atomic mass is 35.5. The number of hydrogen-bond acceptors (Lipinski definition) is 2. The number of benzene rings is 1. The van der Waals surface area contributed by atoms with Crippen molar-refractivity contribution in [2.24, 2.45) is 4.99 Å². The van der Waals surface area contributed by atoms with Gasteiger partial charge in [-0.1, -0.05) is 12.1 Å². The number of hydrogen-bond donors (Lipinski definition) is 0. The first kappa shape index (κ1) is 8.41. The van der Waals surface area contributed by atoms with E-state index >= 15 is 0 Å². The second kappa shape index (κ2) is 4.24. The second-order valence-electron chi connectivity index (χ2n) is 2.00. The summed E-state index contributed by atoms with van der Waals surface area (Å²) < 4.78 is 0. The zero-order valence-electron chi connectivity index (χ0n) is 5.75. The predicted octanol–water partition coefficient (Wildman–Crippen LogP) is 3.16. The maximum Gasteiger partial charge on any atom is 0.0739 e. The Kier molecular flexibility index (Phi) is 3.24. The third-order valence-corrected chi connectivity index (χ3v) is 1.67. The maximum absolute atomic E-state index is 5.59. The van der Waals surface area contributed by atoms with Gasteiger partial charge in [-0.2, -0.15) is 4.99 Å². The summed E-state index contributed by atoms with van der Waals surface area (Å²) >= 11 is 10.0. The molecule has 56 valence electrons. The van der Waals surface area contributed by atoms with Crippen LogP contribution in [0.25, 0.3) is 0 Å². The van der Waals surface area contributed by atoms with Crippen LogP contribution in [0, 0.1) is 0 Å². The van der Waals surface area contributed by atoms with Gasteiger partial charge in [0, 0.05) is 5.88 Å². The van der Waals surface area contributed by atoms with E-state index in [0.717, 1.165) is 11.3 Å². The monoisotopic (exact) mass is 183 g/mol. The summed E-state index contributed by atoms with van der Waals surface area (Å²) in [5, 5.41) is 2.30. The van der Waals surface area contributed by atoms with Crippen molar-refractivity contribution in [3.05, 3.63) is 29.8 Å². The number of isothiocyanates is 1. The van der Waals surface area contributed by atoms with E-state index in [0.29, 0.717) is 5.88 Å². The molecule has 1 rings (SSSR count). The van der Waals surface area contributed by atoms with Crippen LogP contribution in [0.2, 0.25) is 0 Å². The number of nitrogens with zero attached hydrogens (tertiary/aromatic N) is 1. The minimum Gasteiger partial charge on any atom is -0.195 e. The molecule has 0 aliphatic carbocycles. The Morgan fingerprint density at radius 1 is 1.36 bits per heavy atom. The SMILES string of the molecule is S=C=Nc1ccc(CCl)cc1. The summed E-state index contributed by atoms with van der Waals surface area (Å²) in [6.07, 6.45) is 0. The molecule has 1 aromatic carbocycles. The summed E-state index contributed by atoms with van der Waals surface area (Å²) in [4.78, 5) is 3.80. The van der Waals surface area contributed by atoms with Gasteiger partial charge >= 0.3 is 0 Å². The van der Waals surface area contributed by atoms with Gasteiger partial charge < -0.3 is 0 Å². The van der Waals surface area contributed by atoms with Crippen LogP contribution in [0.15, 0.2) is 29.3 Å². The van der Waals surface area contributed by atoms with Gasteiger partial charge in [-0.15, -0.1) is 11.6 Å². The van der Waals surface area contributed by atoms with Crippen molar-refractivity contribution >= 4 is 34.7 Å². The van der Waals surface area contributed by atoms with Crippen LogP contribution < -0.4 is 0 Å². The predicted molar refractivity (Wildman–Crippen MR) is 50.7 cm³/mol. The van der Waals surface area contributed by atoms with Crippen molar-refractivity contribution in [1.29, 1.82) is 0 Å². The fraction of sp³-hybridized carbons (Fsp3) is 0.125. The molecule has 3 heteroatoms. The van der Waals surface area contributed by atoms with Crippen molar-refractivity contribution in [2.45, 2.75) is 5.88 Å². The fourth-order valence-corrected chi connectivity index (χ4v) is 0.996. The van der Waals surface area contributed by atoms with E-state index in [2.05, 4.69) is 22.4 Å². The van der Waals surface area contributed by atoms with E-state index in [1.807, 2.05) is 24.3 Å². The average molecular weight is 184 g/mol. The van der Waals surface area contributed by atoms with Crippen molar-refractivity contribution in [3.63, 3.8) is 0 Å². The molecule has 0 aliphatic rings. The van der Waals surface area contributed by atoms with Crippen LogP contribution in [0.5, 0.6) is 0 Å². The molecule has 0 saturated heterocycles. The normalized spacial score (nSPS) is 8.82. The van der Waals surface area contributed by atoms with Crippen LogP contribution in [0.1, 0.15) is 5.56 Å². The lowest BCUT2D eigenvalue weighted by atomic mass is 10.2. The molecule has 0 unspecified atom stereocenters. The van der Waals surface area contributed by atoms with Gasteiger partial charge in [-0.25, -0.2) is 0 Å². The Morgan fingerprint density at radius 2 is 2.00 bits per heavy atom. The molecule has 0 radical (unpaired) electrons. The molecule has 1 nitrogen and oxygen atoms in total. The molecule has 11 heavy (non-hydrogen) atoms. The largest absolute Gasteiger partial charge is 0.195 e. The Morgan fingerprint density at radius 3 is 2.45 bits per heavy atom. The highest BCUT2D eigenvalue weighted by Gasteiger charge is 1.89. The van der Waals surface area contributed by atoms with E-state index in [1.54, 1.807) is 0 Å². The first-order chi connectivity index (χ1) is 5.36. The Labute approximate surface area is 75.7 Å². The molecule has 0 aromatic heterocycles. The molecule has 0 spiro atoms. The Bertz CT molecular complexity index is 275. The fourth-order valence-electron chi connectivity index (χ4n) is 0.712. The van der Waals surface area contributed by atoms with Crippen molar-refractivity contribution in [2.75, 3.05) is 0 Å². The maximum atomic E-state index is 5.59. The van der Waals surface area contributed by atoms with Gasteiger partial charge in [0.15, 0.2) is 0 Å². The highest BCUT2D eigenvalue weighted by Crippen LogP contribution is 2.13. The van der Waals surface area contributed by atoms with E-state index in [1.165, 1.54) is 0 Å². The van der Waals surface area contributed by atoms with Gasteiger partial charge in [0.1, 0.15) is 0 Å². The minimum atomic E-state index is 0.529. The zero-order valence-corrected chi connectivity index (χ0v) is 7.32. The van der Waals surface area contributed by atoms with E-state index in [-0.39, 0.29) is 0 Å². The average Bonchev–Trinajstić information content (AvgIpc) is 2.07. The quantitative estimate of drug-likeness (QED) is 0.390. The number of thiocarbonyl (C=S) groups is 1. The van der Waals surface area contributed by atoms with Crippen molar-refractivity contribution < 1.29 is 0 Å². The lowest BCUT2D eigenvalue weighted by Gasteiger charge is -1.93. The molecule has 0 aliphatic heterocycles. The molecule has 0 N–H and O–H groups in total. The second-order valence-corrected chi connectivity index (χ2v) is 2.45. The van der Waals surface area contributed by atoms with Gasteiger partial charge in [-0.05, 0) is 29.9 Å². The van der Waals surface area contributed by atoms with Gasteiger partial charge in [0.25, 0.3) is 0 Å². The molecular formula is C8H6ClNS. The van der Waals surface area contributed by atoms with Crippen molar-refractivity contribution in [3.8, 4) is 0 Å². The van der Waals surface area contributed by atoms with E-state index in [9.17, 15) is 0 Å². The first-order valence-electron chi connectivity index (χ1n) is 3.09. The smallest absolute Gasteiger partial charge is 0.0739 e. The highest BCUT2D eigenvalue weighted by molar-refractivity contribution is 7.78. The molecule has 0 heterocycles. The molecule has 1 aromatic rings. The minimum absolute atomic E-state index is 0.529. The molecule has 0 saturated carbocycles. The first-order valence-corrected chi connectivity index (χ1v) is 4.04. The summed E-state index contributed by atoms with van der Waals surface area (Å²) in [7, 11) is 0. The van der Waals surface area contributed by atoms with Gasteiger partial charge in [0.2, 0.25) is 0 Å².